The van der Waals surface area contributed by atoms with Crippen LogP contribution in [0.4, 0.5) is 10.6 Å². The second-order valence-electron chi connectivity index (χ2n) is 10.4. The molecule has 2 heterocycles. The molecule has 0 spiro atoms. The summed E-state index contributed by atoms with van der Waals surface area (Å²) in [6.07, 6.45) is 5.18. The number of benzene rings is 1. The van der Waals surface area contributed by atoms with Gasteiger partial charge in [-0.25, -0.2) is 14.6 Å². The average molecular weight is 484 g/mol. The first-order chi connectivity index (χ1) is 15.9. The maximum atomic E-state index is 13.2. The molecule has 2 aromatic rings. The molecule has 0 saturated carbocycles. The zero-order chi connectivity index (χ0) is 25.3. The molecule has 1 aromatic carbocycles. The first-order valence-electron chi connectivity index (χ1n) is 11.5. The molecule has 1 N–H and O–H groups in total. The number of aromatic nitrogens is 1. The number of methoxy groups -OCH3 is 1. The lowest BCUT2D eigenvalue weighted by atomic mass is 9.78. The topological polar surface area (TPSA) is 71.5 Å². The van der Waals surface area contributed by atoms with Gasteiger partial charge in [0.15, 0.2) is 0 Å². The monoisotopic (exact) mass is 483 g/mol. The first-order valence-corrected chi connectivity index (χ1v) is 11.9. The molecule has 0 fully saturated rings. The van der Waals surface area contributed by atoms with Crippen molar-refractivity contribution in [3.8, 4) is 0 Å². The third-order valence-corrected chi connectivity index (χ3v) is 6.59. The van der Waals surface area contributed by atoms with Crippen molar-refractivity contribution in [3.05, 3.63) is 70.0 Å². The van der Waals surface area contributed by atoms with Crippen LogP contribution in [0.3, 0.4) is 0 Å². The minimum atomic E-state index is -0.722. The van der Waals surface area contributed by atoms with E-state index < -0.39 is 11.5 Å². The number of nitrogens with zero attached hydrogens (tertiary/aromatic N) is 2. The third kappa shape index (κ3) is 5.44. The van der Waals surface area contributed by atoms with Crippen LogP contribution in [0.5, 0.6) is 0 Å². The zero-order valence-electron chi connectivity index (χ0n) is 21.0. The second-order valence-corrected chi connectivity index (χ2v) is 10.8. The largest absolute Gasteiger partial charge is 0.465 e. The molecule has 182 valence electrons. The van der Waals surface area contributed by atoms with Gasteiger partial charge < -0.3 is 10.1 Å². The van der Waals surface area contributed by atoms with Crippen molar-refractivity contribution in [2.24, 2.45) is 11.3 Å². The maximum Gasteiger partial charge on any atom is 0.339 e. The van der Waals surface area contributed by atoms with Crippen molar-refractivity contribution in [2.75, 3.05) is 12.0 Å². The highest BCUT2D eigenvalue weighted by atomic mass is 35.5. The molecule has 0 saturated heterocycles. The van der Waals surface area contributed by atoms with Crippen molar-refractivity contribution in [1.29, 1.82) is 0 Å². The minimum Gasteiger partial charge on any atom is -0.465 e. The van der Waals surface area contributed by atoms with Gasteiger partial charge in [0, 0.05) is 17.4 Å². The van der Waals surface area contributed by atoms with E-state index in [2.05, 4.69) is 57.1 Å². The predicted molar refractivity (Wildman–Crippen MR) is 136 cm³/mol. The molecule has 34 heavy (non-hydrogen) atoms. The number of halogens is 1. The van der Waals surface area contributed by atoms with E-state index in [4.69, 9.17) is 16.3 Å². The fraction of sp³-hybridized carbons (Fsp3) is 0.444. The van der Waals surface area contributed by atoms with E-state index >= 15 is 0 Å². The quantitative estimate of drug-likeness (QED) is 0.477. The molecule has 7 heteroatoms. The van der Waals surface area contributed by atoms with E-state index in [1.807, 2.05) is 19.2 Å². The lowest BCUT2D eigenvalue weighted by Gasteiger charge is -2.42. The zero-order valence-corrected chi connectivity index (χ0v) is 21.8. The van der Waals surface area contributed by atoms with E-state index in [9.17, 15) is 9.59 Å². The van der Waals surface area contributed by atoms with Crippen molar-refractivity contribution < 1.29 is 14.3 Å². The van der Waals surface area contributed by atoms with Gasteiger partial charge in [-0.2, -0.15) is 0 Å². The van der Waals surface area contributed by atoms with Crippen LogP contribution in [0, 0.1) is 11.3 Å². The number of urea groups is 1. The SMILES string of the molecule is COC(=O)c1ccc(N2C=C(C(C)C)C(C)(c3ccc(CCC(C)(C)C)c(Cl)c3)NC2=O)nc1. The number of esters is 1. The second kappa shape index (κ2) is 9.79. The van der Waals surface area contributed by atoms with Crippen LogP contribution < -0.4 is 10.2 Å². The standard InChI is InChI=1S/C27H34ClN3O3/c1-17(2)21-16-31(23-11-9-19(15-29-23)24(32)34-7)25(33)30-27(21,6)20-10-8-18(22(28)14-20)12-13-26(3,4)5/h8-11,14-17H,12-13H2,1-7H3,(H,30,33). The highest BCUT2D eigenvalue weighted by Crippen LogP contribution is 2.39. The molecule has 2 amide bonds. The molecular weight excluding hydrogens is 450 g/mol. The molecule has 0 aliphatic carbocycles. The van der Waals surface area contributed by atoms with Crippen LogP contribution >= 0.6 is 11.6 Å². The van der Waals surface area contributed by atoms with E-state index in [1.54, 1.807) is 12.1 Å². The predicted octanol–water partition coefficient (Wildman–Crippen LogP) is 6.49. The van der Waals surface area contributed by atoms with Crippen molar-refractivity contribution in [1.82, 2.24) is 10.3 Å². The van der Waals surface area contributed by atoms with Crippen LogP contribution in [-0.2, 0) is 16.7 Å². The van der Waals surface area contributed by atoms with Gasteiger partial charge in [0.2, 0.25) is 0 Å². The Morgan fingerprint density at radius 3 is 2.47 bits per heavy atom. The van der Waals surface area contributed by atoms with Gasteiger partial charge in [-0.1, -0.05) is 58.4 Å². The molecule has 0 bridgehead atoms. The number of hydrogen-bond acceptors (Lipinski definition) is 4. The molecule has 0 radical (unpaired) electrons. The van der Waals surface area contributed by atoms with Gasteiger partial charge in [-0.15, -0.1) is 0 Å². The summed E-state index contributed by atoms with van der Waals surface area (Å²) < 4.78 is 4.72. The number of aryl methyl sites for hydroxylation is 1. The molecule has 1 aliphatic rings. The van der Waals surface area contributed by atoms with Gasteiger partial charge in [0.05, 0.1) is 18.2 Å². The summed E-state index contributed by atoms with van der Waals surface area (Å²) in [7, 11) is 1.32. The number of pyridine rings is 1. The fourth-order valence-corrected chi connectivity index (χ4v) is 4.42. The van der Waals surface area contributed by atoms with E-state index in [0.717, 1.165) is 29.5 Å². The normalized spacial score (nSPS) is 18.6. The van der Waals surface area contributed by atoms with Gasteiger partial charge in [0.1, 0.15) is 5.82 Å². The van der Waals surface area contributed by atoms with Crippen LogP contribution in [0.15, 0.2) is 48.3 Å². The number of carbonyl (C=O) groups excluding carboxylic acids is 2. The Bertz CT molecular complexity index is 1100. The Morgan fingerprint density at radius 2 is 1.94 bits per heavy atom. The van der Waals surface area contributed by atoms with Crippen LogP contribution in [0.25, 0.3) is 0 Å². The highest BCUT2D eigenvalue weighted by Gasteiger charge is 2.40. The van der Waals surface area contributed by atoms with Gasteiger partial charge >= 0.3 is 12.0 Å². The number of carbonyl (C=O) groups is 2. The summed E-state index contributed by atoms with van der Waals surface area (Å²) in [6.45, 7) is 12.8. The summed E-state index contributed by atoms with van der Waals surface area (Å²) in [4.78, 5) is 30.7. The molecule has 1 unspecified atom stereocenters. The summed E-state index contributed by atoms with van der Waals surface area (Å²) in [5.74, 6) is 0.0821. The molecule has 1 aliphatic heterocycles. The van der Waals surface area contributed by atoms with Crippen molar-refractivity contribution >= 4 is 29.4 Å². The van der Waals surface area contributed by atoms with Gasteiger partial charge in [0.25, 0.3) is 0 Å². The van der Waals surface area contributed by atoms with Crippen LogP contribution in [0.1, 0.15) is 69.4 Å². The Morgan fingerprint density at radius 1 is 1.24 bits per heavy atom. The van der Waals surface area contributed by atoms with Crippen molar-refractivity contribution in [3.63, 3.8) is 0 Å². The summed E-state index contributed by atoms with van der Waals surface area (Å²) in [5.41, 5.74) is 2.88. The Balaban J connectivity index is 1.96. The number of ether oxygens (including phenoxy) is 1. The number of amides is 2. The van der Waals surface area contributed by atoms with Gasteiger partial charge in [-0.3, -0.25) is 4.90 Å². The number of anilines is 1. The van der Waals surface area contributed by atoms with E-state index in [1.165, 1.54) is 18.2 Å². The minimum absolute atomic E-state index is 0.141. The lowest BCUT2D eigenvalue weighted by Crippen LogP contribution is -2.55. The van der Waals surface area contributed by atoms with E-state index in [0.29, 0.717) is 16.4 Å². The molecular formula is C27H34ClN3O3. The molecule has 1 atom stereocenters. The number of nitrogens with one attached hydrogen (secondary N) is 1. The number of rotatable bonds is 6. The van der Waals surface area contributed by atoms with Crippen LogP contribution in [-0.4, -0.2) is 24.1 Å². The van der Waals surface area contributed by atoms with Gasteiger partial charge in [-0.05, 0) is 66.0 Å². The maximum absolute atomic E-state index is 13.2. The van der Waals surface area contributed by atoms with Crippen molar-refractivity contribution in [2.45, 2.75) is 59.9 Å². The fourth-order valence-electron chi connectivity index (χ4n) is 4.15. The van der Waals surface area contributed by atoms with E-state index in [-0.39, 0.29) is 17.4 Å². The number of hydrogen-bond donors (Lipinski definition) is 1. The van der Waals surface area contributed by atoms with Crippen LogP contribution in [0.2, 0.25) is 5.02 Å². The Kier molecular flexibility index (Phi) is 7.41. The summed E-state index contributed by atoms with van der Waals surface area (Å²) in [5, 5.41) is 3.88. The summed E-state index contributed by atoms with van der Waals surface area (Å²) in [6, 6.07) is 9.00. The molecule has 1 aromatic heterocycles. The Hall–Kier alpha value is -2.86. The lowest BCUT2D eigenvalue weighted by molar-refractivity contribution is 0.0600. The first kappa shape index (κ1) is 25.8. The summed E-state index contributed by atoms with van der Waals surface area (Å²) >= 11 is 6.69. The molecule has 6 nitrogen and oxygen atoms in total. The average Bonchev–Trinajstić information content (AvgIpc) is 2.77. The third-order valence-electron chi connectivity index (χ3n) is 6.23. The molecule has 3 rings (SSSR count). The smallest absolute Gasteiger partial charge is 0.339 e. The Labute approximate surface area is 207 Å². The highest BCUT2D eigenvalue weighted by molar-refractivity contribution is 6.31.